The monoisotopic (exact) mass is 290 g/mol. The van der Waals surface area contributed by atoms with Crippen LogP contribution in [0.25, 0.3) is 11.0 Å². The molecule has 1 heterocycles. The number of aromatic nitrogens is 2. The molecule has 0 radical (unpaired) electrons. The molecule has 1 unspecified atom stereocenters. The number of fused-ring (bicyclic) bond motifs is 1. The van der Waals surface area contributed by atoms with E-state index in [4.69, 9.17) is 15.5 Å². The van der Waals surface area contributed by atoms with Gasteiger partial charge in [0.05, 0.1) is 30.3 Å². The second-order valence-corrected chi connectivity index (χ2v) is 5.65. The molecule has 1 atom stereocenters. The minimum Gasteiger partial charge on any atom is -0.378 e. The van der Waals surface area contributed by atoms with Crippen molar-refractivity contribution < 1.29 is 4.74 Å². The lowest BCUT2D eigenvalue weighted by Crippen LogP contribution is -2.22. The predicted molar refractivity (Wildman–Crippen MR) is 86.4 cm³/mol. The van der Waals surface area contributed by atoms with Crippen molar-refractivity contribution in [1.29, 1.82) is 0 Å². The Kier molecular flexibility index (Phi) is 5.33. The number of imidazole rings is 1. The van der Waals surface area contributed by atoms with Gasteiger partial charge in [-0.1, -0.05) is 6.07 Å². The van der Waals surface area contributed by atoms with Gasteiger partial charge >= 0.3 is 0 Å². The molecule has 2 N–H and O–H groups in total. The van der Waals surface area contributed by atoms with Gasteiger partial charge in [0.15, 0.2) is 0 Å². The third kappa shape index (κ3) is 3.61. The van der Waals surface area contributed by atoms with Gasteiger partial charge in [0.25, 0.3) is 0 Å². The molecule has 0 aliphatic heterocycles. The molecular weight excluding hydrogens is 264 g/mol. The van der Waals surface area contributed by atoms with Crippen LogP contribution in [0.5, 0.6) is 0 Å². The van der Waals surface area contributed by atoms with E-state index in [1.165, 1.54) is 11.1 Å². The topological polar surface area (TPSA) is 56.3 Å². The van der Waals surface area contributed by atoms with E-state index < -0.39 is 0 Å². The van der Waals surface area contributed by atoms with Crippen LogP contribution in [0.4, 0.5) is 0 Å². The third-order valence-corrected chi connectivity index (χ3v) is 3.80. The molecule has 0 saturated carbocycles. The maximum Gasteiger partial charge on any atom is 0.127 e. The van der Waals surface area contributed by atoms with Gasteiger partial charge in [-0.2, -0.15) is 0 Å². The van der Waals surface area contributed by atoms with Crippen molar-refractivity contribution in [2.45, 2.75) is 26.4 Å². The molecule has 0 aliphatic carbocycles. The van der Waals surface area contributed by atoms with Crippen LogP contribution in [0, 0.1) is 6.92 Å². The molecule has 0 aliphatic rings. The van der Waals surface area contributed by atoms with Gasteiger partial charge in [0, 0.05) is 13.1 Å². The first kappa shape index (κ1) is 15.9. The Morgan fingerprint density at radius 1 is 1.33 bits per heavy atom. The van der Waals surface area contributed by atoms with Gasteiger partial charge < -0.3 is 15.0 Å². The molecule has 0 fully saturated rings. The fourth-order valence-electron chi connectivity index (χ4n) is 2.38. The highest BCUT2D eigenvalue weighted by Gasteiger charge is 2.18. The SMILES string of the molecule is Cc1ccc2c(c1)nc(C(C)N(C)C)n2CCOCCN. The molecule has 0 spiro atoms. The van der Waals surface area contributed by atoms with Crippen LogP contribution in [0.3, 0.4) is 0 Å². The molecule has 116 valence electrons. The van der Waals surface area contributed by atoms with Gasteiger partial charge in [-0.15, -0.1) is 0 Å². The quantitative estimate of drug-likeness (QED) is 0.792. The van der Waals surface area contributed by atoms with Crippen molar-refractivity contribution in [1.82, 2.24) is 14.5 Å². The van der Waals surface area contributed by atoms with Crippen LogP contribution in [0.15, 0.2) is 18.2 Å². The molecule has 21 heavy (non-hydrogen) atoms. The van der Waals surface area contributed by atoms with Crippen LogP contribution in [-0.4, -0.2) is 48.3 Å². The molecular formula is C16H26N4O. The average Bonchev–Trinajstić information content (AvgIpc) is 2.80. The van der Waals surface area contributed by atoms with Crippen LogP contribution in [0.1, 0.15) is 24.4 Å². The van der Waals surface area contributed by atoms with Crippen LogP contribution in [0.2, 0.25) is 0 Å². The smallest absolute Gasteiger partial charge is 0.127 e. The maximum absolute atomic E-state index is 5.54. The van der Waals surface area contributed by atoms with Gasteiger partial charge in [0.2, 0.25) is 0 Å². The van der Waals surface area contributed by atoms with E-state index in [2.05, 4.69) is 55.6 Å². The van der Waals surface area contributed by atoms with E-state index >= 15 is 0 Å². The zero-order chi connectivity index (χ0) is 15.4. The average molecular weight is 290 g/mol. The zero-order valence-electron chi connectivity index (χ0n) is 13.5. The van der Waals surface area contributed by atoms with E-state index in [1.807, 2.05) is 0 Å². The van der Waals surface area contributed by atoms with Crippen molar-refractivity contribution in [2.75, 3.05) is 33.9 Å². The largest absolute Gasteiger partial charge is 0.378 e. The standard InChI is InChI=1S/C16H26N4O/c1-12-5-6-15-14(11-12)18-16(13(2)19(3)4)20(15)8-10-21-9-7-17/h5-6,11,13H,7-10,17H2,1-4H3. The lowest BCUT2D eigenvalue weighted by Gasteiger charge is -2.20. The Hall–Kier alpha value is -1.43. The fraction of sp³-hybridized carbons (Fsp3) is 0.562. The van der Waals surface area contributed by atoms with E-state index in [9.17, 15) is 0 Å². The van der Waals surface area contributed by atoms with Crippen molar-refractivity contribution in [3.05, 3.63) is 29.6 Å². The van der Waals surface area contributed by atoms with Crippen molar-refractivity contribution >= 4 is 11.0 Å². The summed E-state index contributed by atoms with van der Waals surface area (Å²) in [5, 5.41) is 0. The summed E-state index contributed by atoms with van der Waals surface area (Å²) in [6.07, 6.45) is 0. The summed E-state index contributed by atoms with van der Waals surface area (Å²) in [6.45, 7) is 6.88. The summed E-state index contributed by atoms with van der Waals surface area (Å²) >= 11 is 0. The minimum atomic E-state index is 0.257. The molecule has 5 nitrogen and oxygen atoms in total. The number of hydrogen-bond acceptors (Lipinski definition) is 4. The lowest BCUT2D eigenvalue weighted by atomic mass is 10.2. The summed E-state index contributed by atoms with van der Waals surface area (Å²) in [5.74, 6) is 1.08. The number of aryl methyl sites for hydroxylation is 1. The highest BCUT2D eigenvalue weighted by Crippen LogP contribution is 2.24. The fourth-order valence-corrected chi connectivity index (χ4v) is 2.38. The Balaban J connectivity index is 2.35. The van der Waals surface area contributed by atoms with Crippen molar-refractivity contribution in [3.8, 4) is 0 Å². The van der Waals surface area contributed by atoms with E-state index in [0.29, 0.717) is 19.8 Å². The number of nitrogens with zero attached hydrogens (tertiary/aromatic N) is 3. The molecule has 1 aromatic heterocycles. The van der Waals surface area contributed by atoms with Crippen molar-refractivity contribution in [2.24, 2.45) is 5.73 Å². The summed E-state index contributed by atoms with van der Waals surface area (Å²) in [7, 11) is 4.15. The molecule has 1 aromatic carbocycles. The number of ether oxygens (including phenoxy) is 1. The number of rotatable bonds is 7. The van der Waals surface area contributed by atoms with E-state index in [0.717, 1.165) is 17.9 Å². The Morgan fingerprint density at radius 2 is 2.10 bits per heavy atom. The van der Waals surface area contributed by atoms with Crippen LogP contribution >= 0.6 is 0 Å². The third-order valence-electron chi connectivity index (χ3n) is 3.80. The summed E-state index contributed by atoms with van der Waals surface area (Å²) in [6, 6.07) is 6.67. The Bertz CT molecular complexity index is 591. The van der Waals surface area contributed by atoms with E-state index in [-0.39, 0.29) is 6.04 Å². The molecule has 2 rings (SSSR count). The second-order valence-electron chi connectivity index (χ2n) is 5.65. The molecule has 0 saturated heterocycles. The van der Waals surface area contributed by atoms with Gasteiger partial charge in [-0.25, -0.2) is 4.98 Å². The van der Waals surface area contributed by atoms with Gasteiger partial charge in [-0.05, 0) is 45.6 Å². The highest BCUT2D eigenvalue weighted by atomic mass is 16.5. The normalized spacial score (nSPS) is 13.2. The summed E-state index contributed by atoms with van der Waals surface area (Å²) in [4.78, 5) is 7.01. The predicted octanol–water partition coefficient (Wildman–Crippen LogP) is 1.94. The first-order valence-corrected chi connectivity index (χ1v) is 7.45. The lowest BCUT2D eigenvalue weighted by molar-refractivity contribution is 0.132. The first-order chi connectivity index (χ1) is 10.0. The number of nitrogens with two attached hydrogens (primary N) is 1. The Labute approximate surface area is 126 Å². The number of hydrogen-bond donors (Lipinski definition) is 1. The summed E-state index contributed by atoms with van der Waals surface area (Å²) < 4.78 is 7.80. The summed E-state index contributed by atoms with van der Waals surface area (Å²) in [5.41, 5.74) is 8.91. The molecule has 5 heteroatoms. The molecule has 2 aromatic rings. The van der Waals surface area contributed by atoms with Crippen molar-refractivity contribution in [3.63, 3.8) is 0 Å². The molecule has 0 bridgehead atoms. The van der Waals surface area contributed by atoms with Crippen LogP contribution < -0.4 is 5.73 Å². The van der Waals surface area contributed by atoms with Gasteiger partial charge in [0.1, 0.15) is 5.82 Å². The molecule has 0 amide bonds. The van der Waals surface area contributed by atoms with Crippen LogP contribution in [-0.2, 0) is 11.3 Å². The highest BCUT2D eigenvalue weighted by molar-refractivity contribution is 5.77. The maximum atomic E-state index is 5.54. The minimum absolute atomic E-state index is 0.257. The zero-order valence-corrected chi connectivity index (χ0v) is 13.5. The first-order valence-electron chi connectivity index (χ1n) is 7.45. The number of benzene rings is 1. The van der Waals surface area contributed by atoms with Gasteiger partial charge in [-0.3, -0.25) is 4.90 Å². The van der Waals surface area contributed by atoms with E-state index in [1.54, 1.807) is 0 Å². The second kappa shape index (κ2) is 7.02. The Morgan fingerprint density at radius 3 is 2.76 bits per heavy atom.